The molecule has 0 aliphatic heterocycles. The SMILES string of the molecule is CCCNC(CCC(C)C)c1cc(C)cc(C)c1. The van der Waals surface area contributed by atoms with Gasteiger partial charge < -0.3 is 5.32 Å². The fourth-order valence-corrected chi connectivity index (χ4v) is 2.42. The van der Waals surface area contributed by atoms with E-state index < -0.39 is 0 Å². The molecule has 1 nitrogen and oxygen atoms in total. The molecule has 0 heterocycles. The highest BCUT2D eigenvalue weighted by Gasteiger charge is 2.12. The predicted molar refractivity (Wildman–Crippen MR) is 81.0 cm³/mol. The monoisotopic (exact) mass is 247 g/mol. The third kappa shape index (κ3) is 5.22. The van der Waals surface area contributed by atoms with Gasteiger partial charge >= 0.3 is 0 Å². The lowest BCUT2D eigenvalue weighted by Gasteiger charge is -2.21. The Morgan fingerprint density at radius 2 is 1.61 bits per heavy atom. The molecule has 1 heteroatoms. The molecule has 0 saturated heterocycles. The summed E-state index contributed by atoms with van der Waals surface area (Å²) in [6, 6.07) is 7.44. The largest absolute Gasteiger partial charge is 0.310 e. The second-order valence-corrected chi connectivity index (χ2v) is 5.90. The number of hydrogen-bond donors (Lipinski definition) is 1. The fourth-order valence-electron chi connectivity index (χ4n) is 2.42. The van der Waals surface area contributed by atoms with Crippen molar-refractivity contribution in [2.75, 3.05) is 6.54 Å². The van der Waals surface area contributed by atoms with Crippen LogP contribution in [0.15, 0.2) is 18.2 Å². The third-order valence-corrected chi connectivity index (χ3v) is 3.32. The highest BCUT2D eigenvalue weighted by atomic mass is 14.9. The molecule has 0 bridgehead atoms. The minimum absolute atomic E-state index is 0.519. The van der Waals surface area contributed by atoms with E-state index in [0.29, 0.717) is 6.04 Å². The van der Waals surface area contributed by atoms with E-state index in [1.54, 1.807) is 0 Å². The molecule has 0 radical (unpaired) electrons. The smallest absolute Gasteiger partial charge is 0.0320 e. The minimum atomic E-state index is 0.519. The minimum Gasteiger partial charge on any atom is -0.310 e. The fraction of sp³-hybridized carbons (Fsp3) is 0.647. The van der Waals surface area contributed by atoms with Gasteiger partial charge in [0.05, 0.1) is 0 Å². The summed E-state index contributed by atoms with van der Waals surface area (Å²) in [5.74, 6) is 0.779. The van der Waals surface area contributed by atoms with Crippen molar-refractivity contribution in [3.63, 3.8) is 0 Å². The summed E-state index contributed by atoms with van der Waals surface area (Å²) in [7, 11) is 0. The van der Waals surface area contributed by atoms with Crippen LogP contribution in [0.3, 0.4) is 0 Å². The van der Waals surface area contributed by atoms with Gasteiger partial charge in [0.2, 0.25) is 0 Å². The van der Waals surface area contributed by atoms with E-state index in [-0.39, 0.29) is 0 Å². The zero-order valence-corrected chi connectivity index (χ0v) is 12.7. The van der Waals surface area contributed by atoms with Crippen LogP contribution in [0, 0.1) is 19.8 Å². The van der Waals surface area contributed by atoms with Crippen LogP contribution in [-0.2, 0) is 0 Å². The summed E-state index contributed by atoms with van der Waals surface area (Å²) < 4.78 is 0. The number of hydrogen-bond acceptors (Lipinski definition) is 1. The van der Waals surface area contributed by atoms with Crippen LogP contribution in [0.2, 0.25) is 0 Å². The molecular weight excluding hydrogens is 218 g/mol. The first-order valence-corrected chi connectivity index (χ1v) is 7.34. The molecule has 0 amide bonds. The van der Waals surface area contributed by atoms with Crippen molar-refractivity contribution in [1.82, 2.24) is 5.32 Å². The molecule has 0 spiro atoms. The van der Waals surface area contributed by atoms with Crippen LogP contribution in [0.1, 0.15) is 62.8 Å². The predicted octanol–water partition coefficient (Wildman–Crippen LogP) is 4.78. The number of benzene rings is 1. The Labute approximate surface area is 113 Å². The summed E-state index contributed by atoms with van der Waals surface area (Å²) in [5, 5.41) is 3.70. The summed E-state index contributed by atoms with van der Waals surface area (Å²) >= 11 is 0. The van der Waals surface area contributed by atoms with Crippen LogP contribution < -0.4 is 5.32 Å². The quantitative estimate of drug-likeness (QED) is 0.731. The number of aryl methyl sites for hydroxylation is 2. The summed E-state index contributed by atoms with van der Waals surface area (Å²) in [6.07, 6.45) is 3.72. The van der Waals surface area contributed by atoms with Gasteiger partial charge in [0.25, 0.3) is 0 Å². The van der Waals surface area contributed by atoms with Crippen molar-refractivity contribution in [1.29, 1.82) is 0 Å². The Bertz CT molecular complexity index is 334. The second-order valence-electron chi connectivity index (χ2n) is 5.90. The van der Waals surface area contributed by atoms with Gasteiger partial charge in [-0.3, -0.25) is 0 Å². The molecule has 0 aliphatic carbocycles. The van der Waals surface area contributed by atoms with E-state index in [4.69, 9.17) is 0 Å². The van der Waals surface area contributed by atoms with Crippen molar-refractivity contribution < 1.29 is 0 Å². The first-order chi connectivity index (χ1) is 8.52. The lowest BCUT2D eigenvalue weighted by Crippen LogP contribution is -2.22. The first-order valence-electron chi connectivity index (χ1n) is 7.34. The summed E-state index contributed by atoms with van der Waals surface area (Å²) in [4.78, 5) is 0. The molecule has 0 aromatic heterocycles. The third-order valence-electron chi connectivity index (χ3n) is 3.32. The molecule has 1 atom stereocenters. The molecule has 102 valence electrons. The van der Waals surface area contributed by atoms with Gasteiger partial charge in [0, 0.05) is 6.04 Å². The topological polar surface area (TPSA) is 12.0 Å². The zero-order valence-electron chi connectivity index (χ0n) is 12.7. The molecule has 0 saturated carbocycles. The van der Waals surface area contributed by atoms with Crippen LogP contribution in [0.5, 0.6) is 0 Å². The normalized spacial score (nSPS) is 13.0. The molecule has 0 aliphatic rings. The van der Waals surface area contributed by atoms with E-state index in [0.717, 1.165) is 12.5 Å². The lowest BCUT2D eigenvalue weighted by molar-refractivity contribution is 0.440. The Balaban J connectivity index is 2.79. The molecule has 0 fully saturated rings. The standard InChI is InChI=1S/C17H29N/c1-6-9-18-17(8-7-13(2)3)16-11-14(4)10-15(5)12-16/h10-13,17-18H,6-9H2,1-5H3. The van der Waals surface area contributed by atoms with Crippen molar-refractivity contribution in [3.8, 4) is 0 Å². The summed E-state index contributed by atoms with van der Waals surface area (Å²) in [5.41, 5.74) is 4.21. The van der Waals surface area contributed by atoms with Crippen molar-refractivity contribution in [3.05, 3.63) is 34.9 Å². The Morgan fingerprint density at radius 1 is 1.00 bits per heavy atom. The molecular formula is C17H29N. The lowest BCUT2D eigenvalue weighted by atomic mass is 9.95. The van der Waals surface area contributed by atoms with E-state index in [9.17, 15) is 0 Å². The van der Waals surface area contributed by atoms with Crippen LogP contribution >= 0.6 is 0 Å². The van der Waals surface area contributed by atoms with Gasteiger partial charge in [0.15, 0.2) is 0 Å². The molecule has 1 rings (SSSR count). The van der Waals surface area contributed by atoms with E-state index in [1.165, 1.54) is 36.0 Å². The average Bonchev–Trinajstić information content (AvgIpc) is 2.27. The van der Waals surface area contributed by atoms with E-state index in [2.05, 4.69) is 58.1 Å². The Hall–Kier alpha value is -0.820. The highest BCUT2D eigenvalue weighted by Crippen LogP contribution is 2.23. The van der Waals surface area contributed by atoms with E-state index >= 15 is 0 Å². The maximum Gasteiger partial charge on any atom is 0.0320 e. The van der Waals surface area contributed by atoms with Gasteiger partial charge in [-0.05, 0) is 51.1 Å². The molecule has 18 heavy (non-hydrogen) atoms. The summed E-state index contributed by atoms with van der Waals surface area (Å²) in [6.45, 7) is 12.3. The molecule has 1 aromatic rings. The maximum atomic E-state index is 3.70. The van der Waals surface area contributed by atoms with Crippen molar-refractivity contribution >= 4 is 0 Å². The van der Waals surface area contributed by atoms with Gasteiger partial charge in [-0.15, -0.1) is 0 Å². The first kappa shape index (κ1) is 15.2. The van der Waals surface area contributed by atoms with Gasteiger partial charge in [-0.2, -0.15) is 0 Å². The van der Waals surface area contributed by atoms with Crippen LogP contribution in [0.25, 0.3) is 0 Å². The Kier molecular flexibility index (Phi) is 6.42. The molecule has 1 unspecified atom stereocenters. The maximum absolute atomic E-state index is 3.70. The van der Waals surface area contributed by atoms with Crippen LogP contribution in [0.4, 0.5) is 0 Å². The second kappa shape index (κ2) is 7.58. The average molecular weight is 247 g/mol. The van der Waals surface area contributed by atoms with Crippen molar-refractivity contribution in [2.24, 2.45) is 5.92 Å². The molecule has 1 N–H and O–H groups in total. The number of rotatable bonds is 7. The van der Waals surface area contributed by atoms with Crippen LogP contribution in [-0.4, -0.2) is 6.54 Å². The van der Waals surface area contributed by atoms with E-state index in [1.807, 2.05) is 0 Å². The zero-order chi connectivity index (χ0) is 13.5. The number of nitrogens with one attached hydrogen (secondary N) is 1. The van der Waals surface area contributed by atoms with Gasteiger partial charge in [-0.1, -0.05) is 50.1 Å². The highest BCUT2D eigenvalue weighted by molar-refractivity contribution is 5.30. The molecule has 1 aromatic carbocycles. The van der Waals surface area contributed by atoms with Gasteiger partial charge in [-0.25, -0.2) is 0 Å². The van der Waals surface area contributed by atoms with Crippen molar-refractivity contribution in [2.45, 2.75) is 59.9 Å². The Morgan fingerprint density at radius 3 is 2.11 bits per heavy atom. The van der Waals surface area contributed by atoms with Gasteiger partial charge in [0.1, 0.15) is 0 Å².